The fourth-order valence-electron chi connectivity index (χ4n) is 1.55. The number of phenolic OH excluding ortho intramolecular Hbond substituents is 1. The first-order valence-corrected chi connectivity index (χ1v) is 6.33. The maximum atomic E-state index is 11.7. The van der Waals surface area contributed by atoms with Gasteiger partial charge < -0.3 is 10.4 Å². The predicted molar refractivity (Wildman–Crippen MR) is 82.2 cm³/mol. The topological polar surface area (TPSA) is 74.0 Å². The minimum absolute atomic E-state index is 0.0330. The van der Waals surface area contributed by atoms with Crippen molar-refractivity contribution in [2.75, 3.05) is 5.32 Å². The second kappa shape index (κ2) is 6.47. The number of benzene rings is 2. The zero-order valence-electron chi connectivity index (χ0n) is 11.6. The first-order chi connectivity index (χ1) is 10.1. The van der Waals surface area contributed by atoms with Crippen LogP contribution >= 0.6 is 0 Å². The van der Waals surface area contributed by atoms with Crippen LogP contribution in [0.2, 0.25) is 0 Å². The molecule has 21 heavy (non-hydrogen) atoms. The van der Waals surface area contributed by atoms with E-state index in [2.05, 4.69) is 22.1 Å². The van der Waals surface area contributed by atoms with Gasteiger partial charge in [0.25, 0.3) is 5.91 Å². The fourth-order valence-corrected chi connectivity index (χ4v) is 1.55. The van der Waals surface area contributed by atoms with Crippen LogP contribution in [0.15, 0.2) is 70.9 Å². The highest BCUT2D eigenvalue weighted by Gasteiger charge is 2.08. The highest BCUT2D eigenvalue weighted by Crippen LogP contribution is 2.30. The number of carbonyl (C=O) groups is 1. The number of nitrogens with one attached hydrogen (secondary N) is 1. The Morgan fingerprint density at radius 1 is 1.14 bits per heavy atom. The van der Waals surface area contributed by atoms with Gasteiger partial charge in [-0.1, -0.05) is 24.8 Å². The number of hydrogen-bond acceptors (Lipinski definition) is 4. The molecule has 0 atom stereocenters. The molecule has 0 heterocycles. The van der Waals surface area contributed by atoms with Crippen molar-refractivity contribution in [3.63, 3.8) is 0 Å². The Morgan fingerprint density at radius 2 is 1.86 bits per heavy atom. The van der Waals surface area contributed by atoms with Gasteiger partial charge in [-0.15, -0.1) is 5.11 Å². The van der Waals surface area contributed by atoms with Crippen molar-refractivity contribution in [3.05, 3.63) is 60.7 Å². The molecule has 0 spiro atoms. The molecule has 0 unspecified atom stereocenters. The molecular formula is C16H15N3O2. The quantitative estimate of drug-likeness (QED) is 0.646. The predicted octanol–water partition coefficient (Wildman–Crippen LogP) is 4.32. The summed E-state index contributed by atoms with van der Waals surface area (Å²) in [5, 5.41) is 20.4. The van der Waals surface area contributed by atoms with E-state index in [1.165, 1.54) is 12.1 Å². The van der Waals surface area contributed by atoms with Crippen molar-refractivity contribution in [2.24, 2.45) is 10.2 Å². The van der Waals surface area contributed by atoms with Crippen LogP contribution in [0, 0.1) is 0 Å². The summed E-state index contributed by atoms with van der Waals surface area (Å²) in [6.07, 6.45) is 0. The lowest BCUT2D eigenvalue weighted by atomic mass is 10.2. The number of azo groups is 1. The van der Waals surface area contributed by atoms with E-state index >= 15 is 0 Å². The van der Waals surface area contributed by atoms with Gasteiger partial charge in [0, 0.05) is 11.6 Å². The first-order valence-electron chi connectivity index (χ1n) is 6.33. The molecule has 0 saturated heterocycles. The lowest BCUT2D eigenvalue weighted by molar-refractivity contribution is -0.112. The molecule has 0 bridgehead atoms. The molecule has 0 aliphatic rings. The highest BCUT2D eigenvalue weighted by atomic mass is 16.3. The van der Waals surface area contributed by atoms with Crippen LogP contribution in [0.3, 0.4) is 0 Å². The molecule has 2 aromatic carbocycles. The van der Waals surface area contributed by atoms with Crippen molar-refractivity contribution in [2.45, 2.75) is 6.92 Å². The number of hydrogen-bond donors (Lipinski definition) is 2. The zero-order valence-corrected chi connectivity index (χ0v) is 11.6. The van der Waals surface area contributed by atoms with Gasteiger partial charge in [-0.05, 0) is 31.2 Å². The second-order valence-corrected chi connectivity index (χ2v) is 4.47. The van der Waals surface area contributed by atoms with Gasteiger partial charge in [0.1, 0.15) is 11.4 Å². The van der Waals surface area contributed by atoms with Crippen LogP contribution in [0.25, 0.3) is 0 Å². The van der Waals surface area contributed by atoms with Crippen molar-refractivity contribution < 1.29 is 9.90 Å². The van der Waals surface area contributed by atoms with Gasteiger partial charge in [0.05, 0.1) is 11.4 Å². The third kappa shape index (κ3) is 4.01. The van der Waals surface area contributed by atoms with Gasteiger partial charge in [0.15, 0.2) is 0 Å². The molecule has 0 aliphatic heterocycles. The first kappa shape index (κ1) is 14.5. The third-order valence-electron chi connectivity index (χ3n) is 2.65. The molecule has 0 fully saturated rings. The summed E-state index contributed by atoms with van der Waals surface area (Å²) >= 11 is 0. The van der Waals surface area contributed by atoms with E-state index in [0.717, 1.165) is 0 Å². The number of rotatable bonds is 4. The molecule has 2 rings (SSSR count). The summed E-state index contributed by atoms with van der Waals surface area (Å²) in [5.74, 6) is -0.303. The Labute approximate surface area is 122 Å². The molecule has 5 nitrogen and oxygen atoms in total. The summed E-state index contributed by atoms with van der Waals surface area (Å²) in [4.78, 5) is 11.7. The Hall–Kier alpha value is -2.95. The Morgan fingerprint density at radius 3 is 2.52 bits per heavy atom. The van der Waals surface area contributed by atoms with Gasteiger partial charge in [-0.2, -0.15) is 5.11 Å². The van der Waals surface area contributed by atoms with E-state index in [9.17, 15) is 9.90 Å². The minimum atomic E-state index is -0.336. The molecule has 1 amide bonds. The average Bonchev–Trinajstić information content (AvgIpc) is 2.47. The summed E-state index contributed by atoms with van der Waals surface area (Å²) in [6, 6.07) is 13.7. The molecule has 5 heteroatoms. The molecule has 0 aliphatic carbocycles. The second-order valence-electron chi connectivity index (χ2n) is 4.47. The van der Waals surface area contributed by atoms with Crippen molar-refractivity contribution in [3.8, 4) is 5.75 Å². The van der Waals surface area contributed by atoms with Crippen LogP contribution in [0.1, 0.15) is 6.92 Å². The molecule has 2 aromatic rings. The maximum Gasteiger partial charge on any atom is 0.250 e. The number of phenols is 1. The number of carbonyl (C=O) groups excluding carboxylic acids is 1. The monoisotopic (exact) mass is 281 g/mol. The highest BCUT2D eigenvalue weighted by molar-refractivity contribution is 6.04. The summed E-state index contributed by atoms with van der Waals surface area (Å²) < 4.78 is 0. The fraction of sp³-hybridized carbons (Fsp3) is 0.0625. The Bertz CT molecular complexity index is 694. The molecular weight excluding hydrogens is 266 g/mol. The van der Waals surface area contributed by atoms with Gasteiger partial charge in [0.2, 0.25) is 0 Å². The van der Waals surface area contributed by atoms with E-state index in [4.69, 9.17) is 0 Å². The lowest BCUT2D eigenvalue weighted by Gasteiger charge is -2.07. The van der Waals surface area contributed by atoms with E-state index in [-0.39, 0.29) is 11.7 Å². The summed E-state index contributed by atoms with van der Waals surface area (Å²) in [7, 11) is 0. The van der Waals surface area contributed by atoms with E-state index in [0.29, 0.717) is 22.6 Å². The van der Waals surface area contributed by atoms with Crippen molar-refractivity contribution in [1.82, 2.24) is 0 Å². The standard InChI is InChI=1S/C16H15N3O2/c1-11(2)16(21)17-15-10-13(20)8-9-14(15)19-18-12-6-4-3-5-7-12/h3-10,20H,1H2,2H3,(H,17,21). The number of amides is 1. The molecule has 0 radical (unpaired) electrons. The molecule has 106 valence electrons. The van der Waals surface area contributed by atoms with Gasteiger partial charge >= 0.3 is 0 Å². The van der Waals surface area contributed by atoms with Crippen LogP contribution in [-0.4, -0.2) is 11.0 Å². The number of nitrogens with zero attached hydrogens (tertiary/aromatic N) is 2. The van der Waals surface area contributed by atoms with Crippen molar-refractivity contribution in [1.29, 1.82) is 0 Å². The van der Waals surface area contributed by atoms with E-state index < -0.39 is 0 Å². The maximum absolute atomic E-state index is 11.7. The van der Waals surface area contributed by atoms with Crippen molar-refractivity contribution >= 4 is 23.0 Å². The largest absolute Gasteiger partial charge is 0.508 e. The zero-order chi connectivity index (χ0) is 15.2. The van der Waals surface area contributed by atoms with Gasteiger partial charge in [-0.25, -0.2) is 0 Å². The van der Waals surface area contributed by atoms with Crippen LogP contribution in [0.4, 0.5) is 17.1 Å². The minimum Gasteiger partial charge on any atom is -0.508 e. The normalized spacial score (nSPS) is 10.5. The average molecular weight is 281 g/mol. The van der Waals surface area contributed by atoms with E-state index in [1.54, 1.807) is 13.0 Å². The lowest BCUT2D eigenvalue weighted by Crippen LogP contribution is -2.11. The van der Waals surface area contributed by atoms with E-state index in [1.807, 2.05) is 30.3 Å². The number of aromatic hydroxyl groups is 1. The SMILES string of the molecule is C=C(C)C(=O)Nc1cc(O)ccc1N=Nc1ccccc1. The summed E-state index contributed by atoms with van der Waals surface area (Å²) in [5.41, 5.74) is 1.89. The molecule has 0 saturated carbocycles. The van der Waals surface area contributed by atoms with Crippen LogP contribution in [-0.2, 0) is 4.79 Å². The van der Waals surface area contributed by atoms with Gasteiger partial charge in [-0.3, -0.25) is 4.79 Å². The molecule has 0 aromatic heterocycles. The molecule has 2 N–H and O–H groups in total. The smallest absolute Gasteiger partial charge is 0.250 e. The van der Waals surface area contributed by atoms with Crippen LogP contribution < -0.4 is 5.32 Å². The Balaban J connectivity index is 2.29. The Kier molecular flexibility index (Phi) is 4.46. The summed E-state index contributed by atoms with van der Waals surface area (Å²) in [6.45, 7) is 5.17. The van der Waals surface area contributed by atoms with Crippen LogP contribution in [0.5, 0.6) is 5.75 Å². The number of anilines is 1. The third-order valence-corrected chi connectivity index (χ3v) is 2.65.